The van der Waals surface area contributed by atoms with Crippen LogP contribution in [-0.4, -0.2) is 38.3 Å². The fourth-order valence-corrected chi connectivity index (χ4v) is 1.96. The maximum Gasteiger partial charge on any atom is 0.190 e. The Morgan fingerprint density at radius 1 is 0.731 bits per heavy atom. The highest BCUT2D eigenvalue weighted by molar-refractivity contribution is 6.39. The molecule has 0 atom stereocenters. The molecule has 8 nitrogen and oxygen atoms in total. The minimum atomic E-state index is -0.0478. The molecule has 0 aromatic heterocycles. The van der Waals surface area contributed by atoms with Crippen LogP contribution in [0, 0.1) is 0 Å². The number of hydrogen-bond donors (Lipinski definition) is 2. The molecule has 4 N–H and O–H groups in total. The Balaban J connectivity index is 2.07. The minimum Gasteiger partial charge on any atom is -0.496 e. The number of benzene rings is 2. The highest BCUT2D eigenvalue weighted by Gasteiger charge is 2.00. The molecule has 0 unspecified atom stereocenters. The number of para-hydroxylation sites is 2. The Morgan fingerprint density at radius 2 is 1.12 bits per heavy atom. The number of rotatable bonds is 6. The number of methoxy groups -OCH3 is 2. The maximum absolute atomic E-state index is 5.74. The molecule has 0 fully saturated rings. The molecule has 0 saturated carbocycles. The van der Waals surface area contributed by atoms with Gasteiger partial charge in [0.05, 0.1) is 26.6 Å². The third-order valence-corrected chi connectivity index (χ3v) is 3.26. The fourth-order valence-electron chi connectivity index (χ4n) is 1.96. The molecule has 2 rings (SSSR count). The van der Waals surface area contributed by atoms with E-state index < -0.39 is 0 Å². The molecule has 0 radical (unpaired) electrons. The quantitative estimate of drug-likeness (QED) is 0.468. The summed E-state index contributed by atoms with van der Waals surface area (Å²) in [6.07, 6.45) is 3.02. The molecule has 26 heavy (non-hydrogen) atoms. The maximum atomic E-state index is 5.74. The smallest absolute Gasteiger partial charge is 0.190 e. The summed E-state index contributed by atoms with van der Waals surface area (Å²) in [7, 11) is 3.16. The first-order valence-electron chi connectivity index (χ1n) is 7.65. The summed E-state index contributed by atoms with van der Waals surface area (Å²) in [6, 6.07) is 14.7. The van der Waals surface area contributed by atoms with Crippen molar-refractivity contribution < 1.29 is 9.47 Å². The van der Waals surface area contributed by atoms with E-state index in [2.05, 4.69) is 20.4 Å². The van der Waals surface area contributed by atoms with E-state index in [9.17, 15) is 0 Å². The summed E-state index contributed by atoms with van der Waals surface area (Å²) in [5.74, 6) is 1.25. The summed E-state index contributed by atoms with van der Waals surface area (Å²) in [5.41, 5.74) is 13.0. The Labute approximate surface area is 151 Å². The first-order valence-corrected chi connectivity index (χ1v) is 7.65. The largest absolute Gasteiger partial charge is 0.496 e. The Hall–Kier alpha value is -3.68. The van der Waals surface area contributed by atoms with Gasteiger partial charge in [0, 0.05) is 11.1 Å². The molecule has 0 amide bonds. The molecule has 0 saturated heterocycles. The summed E-state index contributed by atoms with van der Waals surface area (Å²) in [6.45, 7) is 0. The predicted molar refractivity (Wildman–Crippen MR) is 104 cm³/mol. The lowest BCUT2D eigenvalue weighted by Gasteiger charge is -2.02. The van der Waals surface area contributed by atoms with Crippen molar-refractivity contribution in [2.45, 2.75) is 0 Å². The zero-order valence-electron chi connectivity index (χ0n) is 14.5. The van der Waals surface area contributed by atoms with Crippen molar-refractivity contribution in [3.05, 3.63) is 59.7 Å². The monoisotopic (exact) mass is 352 g/mol. The van der Waals surface area contributed by atoms with Crippen LogP contribution in [0.1, 0.15) is 11.1 Å². The molecular weight excluding hydrogens is 332 g/mol. The fraction of sp³-hybridized carbons (Fsp3) is 0.111. The second-order valence-electron chi connectivity index (χ2n) is 4.94. The van der Waals surface area contributed by atoms with Crippen LogP contribution in [0.2, 0.25) is 0 Å². The SMILES string of the molecule is COc1ccccc1C=NN=C(N)C(N)=NN=Cc1ccccc1OC. The molecular formula is C18H20N6O2. The molecule has 0 heterocycles. The zero-order valence-corrected chi connectivity index (χ0v) is 14.5. The van der Waals surface area contributed by atoms with Crippen LogP contribution in [-0.2, 0) is 0 Å². The third kappa shape index (κ3) is 5.17. The highest BCUT2D eigenvalue weighted by Crippen LogP contribution is 2.15. The molecule has 134 valence electrons. The number of nitrogens with zero attached hydrogens (tertiary/aromatic N) is 4. The molecule has 8 heteroatoms. The van der Waals surface area contributed by atoms with E-state index in [1.165, 1.54) is 12.4 Å². The second-order valence-corrected chi connectivity index (χ2v) is 4.94. The predicted octanol–water partition coefficient (Wildman–Crippen LogP) is 1.79. The Bertz CT molecular complexity index is 787. The summed E-state index contributed by atoms with van der Waals surface area (Å²) in [5, 5.41) is 15.4. The van der Waals surface area contributed by atoms with Crippen LogP contribution in [0.15, 0.2) is 68.9 Å². The number of hydrogen-bond acceptors (Lipinski definition) is 6. The van der Waals surface area contributed by atoms with E-state index in [0.717, 1.165) is 11.1 Å². The van der Waals surface area contributed by atoms with Crippen molar-refractivity contribution in [3.8, 4) is 11.5 Å². The lowest BCUT2D eigenvalue weighted by molar-refractivity contribution is 0.414. The zero-order chi connectivity index (χ0) is 18.8. The van der Waals surface area contributed by atoms with Crippen molar-refractivity contribution in [2.75, 3.05) is 14.2 Å². The molecule has 0 spiro atoms. The van der Waals surface area contributed by atoms with Gasteiger partial charge in [0.2, 0.25) is 0 Å². The molecule has 2 aromatic carbocycles. The molecule has 0 aliphatic carbocycles. The molecule has 0 bridgehead atoms. The van der Waals surface area contributed by atoms with Crippen molar-refractivity contribution in [1.82, 2.24) is 0 Å². The summed E-state index contributed by atoms with van der Waals surface area (Å²) < 4.78 is 10.4. The normalized spacial score (nSPS) is 12.7. The standard InChI is InChI=1S/C18H20N6O2/c1-25-15-9-5-3-7-13(15)11-21-23-17(19)18(20)24-22-12-14-8-4-6-10-16(14)26-2/h3-12H,1-2H3,(H2,19,23)(H2,20,24). The van der Waals surface area contributed by atoms with Gasteiger partial charge in [0.15, 0.2) is 11.7 Å². The van der Waals surface area contributed by atoms with E-state index in [4.69, 9.17) is 20.9 Å². The van der Waals surface area contributed by atoms with Gasteiger partial charge >= 0.3 is 0 Å². The van der Waals surface area contributed by atoms with Gasteiger partial charge in [-0.3, -0.25) is 0 Å². The molecule has 2 aromatic rings. The second kappa shape index (κ2) is 9.58. The average Bonchev–Trinajstić information content (AvgIpc) is 2.68. The van der Waals surface area contributed by atoms with Crippen molar-refractivity contribution in [3.63, 3.8) is 0 Å². The van der Waals surface area contributed by atoms with Crippen LogP contribution in [0.5, 0.6) is 11.5 Å². The lowest BCUT2D eigenvalue weighted by atomic mass is 10.2. The van der Waals surface area contributed by atoms with E-state index in [0.29, 0.717) is 11.5 Å². The number of amidine groups is 2. The van der Waals surface area contributed by atoms with Gasteiger partial charge < -0.3 is 20.9 Å². The molecule has 0 aliphatic rings. The van der Waals surface area contributed by atoms with E-state index in [-0.39, 0.29) is 11.7 Å². The molecule has 0 aliphatic heterocycles. The van der Waals surface area contributed by atoms with Crippen molar-refractivity contribution in [1.29, 1.82) is 0 Å². The highest BCUT2D eigenvalue weighted by atomic mass is 16.5. The van der Waals surface area contributed by atoms with Crippen molar-refractivity contribution in [2.24, 2.45) is 31.9 Å². The van der Waals surface area contributed by atoms with Crippen LogP contribution in [0.3, 0.4) is 0 Å². The van der Waals surface area contributed by atoms with E-state index >= 15 is 0 Å². The average molecular weight is 352 g/mol. The topological polar surface area (TPSA) is 120 Å². The van der Waals surface area contributed by atoms with Gasteiger partial charge in [0.1, 0.15) is 11.5 Å². The van der Waals surface area contributed by atoms with E-state index in [1.54, 1.807) is 14.2 Å². The Kier molecular flexibility index (Phi) is 6.87. The van der Waals surface area contributed by atoms with Crippen LogP contribution in [0.25, 0.3) is 0 Å². The summed E-state index contributed by atoms with van der Waals surface area (Å²) in [4.78, 5) is 0. The number of ether oxygens (including phenoxy) is 2. The van der Waals surface area contributed by atoms with Gasteiger partial charge in [-0.15, -0.1) is 10.2 Å². The number of nitrogens with two attached hydrogens (primary N) is 2. The first-order chi connectivity index (χ1) is 12.7. The van der Waals surface area contributed by atoms with Crippen LogP contribution in [0.4, 0.5) is 0 Å². The van der Waals surface area contributed by atoms with Crippen molar-refractivity contribution >= 4 is 24.1 Å². The van der Waals surface area contributed by atoms with Crippen LogP contribution >= 0.6 is 0 Å². The third-order valence-electron chi connectivity index (χ3n) is 3.26. The summed E-state index contributed by atoms with van der Waals surface area (Å²) >= 11 is 0. The van der Waals surface area contributed by atoms with Gasteiger partial charge in [-0.1, -0.05) is 24.3 Å². The van der Waals surface area contributed by atoms with Gasteiger partial charge in [0.25, 0.3) is 0 Å². The minimum absolute atomic E-state index is 0.0478. The first kappa shape index (κ1) is 18.7. The van der Waals surface area contributed by atoms with Gasteiger partial charge in [-0.25, -0.2) is 0 Å². The Morgan fingerprint density at radius 3 is 1.50 bits per heavy atom. The van der Waals surface area contributed by atoms with Gasteiger partial charge in [-0.05, 0) is 24.3 Å². The van der Waals surface area contributed by atoms with Gasteiger partial charge in [-0.2, -0.15) is 10.2 Å². The van der Waals surface area contributed by atoms with E-state index in [1.807, 2.05) is 48.5 Å². The van der Waals surface area contributed by atoms with Crippen LogP contribution < -0.4 is 20.9 Å². The lowest BCUT2D eigenvalue weighted by Crippen LogP contribution is -2.30.